The number of hydrogen-bond donors (Lipinski definition) is 1. The van der Waals surface area contributed by atoms with Crippen LogP contribution < -0.4 is 0 Å². The second-order valence-corrected chi connectivity index (χ2v) is 6.33. The molecule has 2 fully saturated rings. The Labute approximate surface area is 106 Å². The van der Waals surface area contributed by atoms with Gasteiger partial charge < -0.3 is 5.11 Å². The minimum atomic E-state index is -0.958. The molecule has 0 saturated heterocycles. The van der Waals surface area contributed by atoms with Gasteiger partial charge in [0.25, 0.3) is 0 Å². The minimum absolute atomic E-state index is 0.0111. The monoisotopic (exact) mass is 240 g/mol. The van der Waals surface area contributed by atoms with Crippen LogP contribution in [0, 0.1) is 10.8 Å². The molecule has 0 bridgehead atoms. The second kappa shape index (κ2) is 2.77. The molecule has 0 heterocycles. The lowest BCUT2D eigenvalue weighted by Gasteiger charge is -2.32. The zero-order valence-corrected chi connectivity index (χ0v) is 10.4. The zero-order chi connectivity index (χ0) is 12.6. The smallest absolute Gasteiger partial charge is 0.165 e. The van der Waals surface area contributed by atoms with Crippen molar-refractivity contribution in [1.82, 2.24) is 0 Å². The fourth-order valence-electron chi connectivity index (χ4n) is 4.56. The number of ketones is 1. The van der Waals surface area contributed by atoms with Crippen molar-refractivity contribution < 1.29 is 9.90 Å². The van der Waals surface area contributed by atoms with Crippen molar-refractivity contribution in [2.24, 2.45) is 10.8 Å². The first kappa shape index (κ1) is 10.5. The summed E-state index contributed by atoms with van der Waals surface area (Å²) in [7, 11) is 0. The summed E-state index contributed by atoms with van der Waals surface area (Å²) in [6, 6.07) is 10.1. The molecule has 92 valence electrons. The number of carbonyl (C=O) groups excluding carboxylic acids is 1. The summed E-state index contributed by atoms with van der Waals surface area (Å²) in [5.41, 5.74) is -0.337. The Morgan fingerprint density at radius 3 is 2.72 bits per heavy atom. The third-order valence-corrected chi connectivity index (χ3v) is 5.54. The Morgan fingerprint density at radius 1 is 1.28 bits per heavy atom. The lowest BCUT2D eigenvalue weighted by Crippen LogP contribution is -2.40. The zero-order valence-electron chi connectivity index (χ0n) is 10.4. The van der Waals surface area contributed by atoms with Crippen LogP contribution in [0.1, 0.15) is 31.2 Å². The van der Waals surface area contributed by atoms with E-state index in [1.165, 1.54) is 0 Å². The Hall–Kier alpha value is -1.41. The average Bonchev–Trinajstić information content (AvgIpc) is 2.86. The van der Waals surface area contributed by atoms with Gasteiger partial charge in [0.05, 0.1) is 5.41 Å². The van der Waals surface area contributed by atoms with E-state index in [9.17, 15) is 9.90 Å². The van der Waals surface area contributed by atoms with Crippen LogP contribution in [0.15, 0.2) is 42.5 Å². The molecule has 0 unspecified atom stereocenters. The van der Waals surface area contributed by atoms with Gasteiger partial charge in [-0.25, -0.2) is 0 Å². The van der Waals surface area contributed by atoms with Crippen LogP contribution in [0.3, 0.4) is 0 Å². The van der Waals surface area contributed by atoms with Crippen LogP contribution in [-0.4, -0.2) is 16.5 Å². The predicted molar refractivity (Wildman–Crippen MR) is 68.1 cm³/mol. The van der Waals surface area contributed by atoms with E-state index in [1.807, 2.05) is 18.2 Å². The van der Waals surface area contributed by atoms with E-state index in [1.54, 1.807) is 12.2 Å². The van der Waals surface area contributed by atoms with Crippen molar-refractivity contribution in [3.05, 3.63) is 48.0 Å². The van der Waals surface area contributed by atoms with Crippen LogP contribution in [-0.2, 0) is 4.79 Å². The molecule has 4 rings (SSSR count). The lowest BCUT2D eigenvalue weighted by molar-refractivity contribution is -0.125. The number of hydrogen-bond acceptors (Lipinski definition) is 2. The van der Waals surface area contributed by atoms with E-state index in [0.717, 1.165) is 18.4 Å². The maximum absolute atomic E-state index is 12.2. The van der Waals surface area contributed by atoms with E-state index >= 15 is 0 Å². The SMILES string of the molecule is C[C@@]12C[C@@H](c3ccccc3)[C@@]3(O)C=CC(=O)[C@@]13C2. The highest BCUT2D eigenvalue weighted by molar-refractivity contribution is 6.03. The average molecular weight is 240 g/mol. The van der Waals surface area contributed by atoms with Crippen LogP contribution >= 0.6 is 0 Å². The molecule has 0 radical (unpaired) electrons. The van der Waals surface area contributed by atoms with E-state index in [0.29, 0.717) is 0 Å². The quantitative estimate of drug-likeness (QED) is 0.818. The highest BCUT2D eigenvalue weighted by Gasteiger charge is 2.84. The molecule has 1 N–H and O–H groups in total. The minimum Gasteiger partial charge on any atom is -0.384 e. The summed E-state index contributed by atoms with van der Waals surface area (Å²) < 4.78 is 0. The largest absolute Gasteiger partial charge is 0.384 e. The molecular weight excluding hydrogens is 224 g/mol. The Morgan fingerprint density at radius 2 is 2.00 bits per heavy atom. The molecule has 2 heteroatoms. The third-order valence-electron chi connectivity index (χ3n) is 5.54. The van der Waals surface area contributed by atoms with Gasteiger partial charge in [0.1, 0.15) is 5.60 Å². The van der Waals surface area contributed by atoms with Crippen LogP contribution in [0.4, 0.5) is 0 Å². The Balaban J connectivity index is 1.86. The maximum atomic E-state index is 12.2. The van der Waals surface area contributed by atoms with Gasteiger partial charge >= 0.3 is 0 Å². The van der Waals surface area contributed by atoms with Gasteiger partial charge in [-0.05, 0) is 36.0 Å². The van der Waals surface area contributed by atoms with Crippen molar-refractivity contribution in [2.45, 2.75) is 31.3 Å². The van der Waals surface area contributed by atoms with Crippen molar-refractivity contribution in [2.75, 3.05) is 0 Å². The van der Waals surface area contributed by atoms with Gasteiger partial charge in [-0.2, -0.15) is 0 Å². The fourth-order valence-corrected chi connectivity index (χ4v) is 4.56. The molecule has 1 aromatic carbocycles. The van der Waals surface area contributed by atoms with Gasteiger partial charge in [-0.15, -0.1) is 0 Å². The molecule has 18 heavy (non-hydrogen) atoms. The Kier molecular flexibility index (Phi) is 1.62. The highest BCUT2D eigenvalue weighted by Crippen LogP contribution is 2.82. The molecule has 2 saturated carbocycles. The highest BCUT2D eigenvalue weighted by atomic mass is 16.3. The molecule has 1 spiro atoms. The molecule has 4 atom stereocenters. The molecule has 0 aliphatic heterocycles. The van der Waals surface area contributed by atoms with Crippen molar-refractivity contribution in [3.63, 3.8) is 0 Å². The summed E-state index contributed by atoms with van der Waals surface area (Å²) >= 11 is 0. The number of benzene rings is 1. The summed E-state index contributed by atoms with van der Waals surface area (Å²) in [6.07, 6.45) is 5.10. The molecule has 0 amide bonds. The maximum Gasteiger partial charge on any atom is 0.165 e. The van der Waals surface area contributed by atoms with Gasteiger partial charge in [0.2, 0.25) is 0 Å². The van der Waals surface area contributed by atoms with E-state index < -0.39 is 11.0 Å². The summed E-state index contributed by atoms with van der Waals surface area (Å²) in [5.74, 6) is 0.186. The van der Waals surface area contributed by atoms with Gasteiger partial charge in [-0.1, -0.05) is 37.3 Å². The van der Waals surface area contributed by atoms with Crippen molar-refractivity contribution in [3.8, 4) is 0 Å². The molecule has 1 aromatic rings. The van der Waals surface area contributed by atoms with Crippen LogP contribution in [0.25, 0.3) is 0 Å². The Bertz CT molecular complexity index is 576. The summed E-state index contributed by atoms with van der Waals surface area (Å²) in [6.45, 7) is 2.14. The molecule has 3 aliphatic rings. The van der Waals surface area contributed by atoms with Gasteiger partial charge in [0.15, 0.2) is 5.78 Å². The van der Waals surface area contributed by atoms with Crippen LogP contribution in [0.5, 0.6) is 0 Å². The molecule has 0 aromatic heterocycles. The topological polar surface area (TPSA) is 37.3 Å². The molecule has 2 nitrogen and oxygen atoms in total. The molecular formula is C16H16O2. The standard InChI is InChI=1S/C16H16O2/c1-14-9-12(11-5-3-2-4-6-11)16(18)8-7-13(17)15(14,16)10-14/h2-8,12,18H,9-10H2,1H3/t12-,14-,15-,16-/m0/s1. The summed E-state index contributed by atoms with van der Waals surface area (Å²) in [4.78, 5) is 12.2. The fraction of sp³-hybridized carbons (Fsp3) is 0.438. The van der Waals surface area contributed by atoms with Crippen LogP contribution in [0.2, 0.25) is 0 Å². The number of carbonyl (C=O) groups is 1. The van der Waals surface area contributed by atoms with Crippen molar-refractivity contribution >= 4 is 5.78 Å². The summed E-state index contributed by atoms with van der Waals surface area (Å²) in [5, 5.41) is 11.1. The normalized spacial score (nSPS) is 48.1. The van der Waals surface area contributed by atoms with E-state index in [2.05, 4.69) is 19.1 Å². The van der Waals surface area contributed by atoms with Crippen molar-refractivity contribution in [1.29, 1.82) is 0 Å². The van der Waals surface area contributed by atoms with E-state index in [-0.39, 0.29) is 17.1 Å². The van der Waals surface area contributed by atoms with Gasteiger partial charge in [-0.3, -0.25) is 4.79 Å². The first-order valence-corrected chi connectivity index (χ1v) is 6.55. The van der Waals surface area contributed by atoms with E-state index in [4.69, 9.17) is 0 Å². The first-order valence-electron chi connectivity index (χ1n) is 6.55. The molecule has 3 aliphatic carbocycles. The van der Waals surface area contributed by atoms with Gasteiger partial charge in [0, 0.05) is 5.92 Å². The number of rotatable bonds is 1. The lowest BCUT2D eigenvalue weighted by atomic mass is 9.77. The second-order valence-electron chi connectivity index (χ2n) is 6.33. The number of aliphatic hydroxyl groups is 1. The predicted octanol–water partition coefficient (Wildman–Crippen LogP) is 2.44. The first-order chi connectivity index (χ1) is 8.54. The third kappa shape index (κ3) is 0.872. The number of allylic oxidation sites excluding steroid dienone is 1.